The Bertz CT molecular complexity index is 408. The van der Waals surface area contributed by atoms with Crippen molar-refractivity contribution in [3.8, 4) is 5.75 Å². The number of halogens is 1. The summed E-state index contributed by atoms with van der Waals surface area (Å²) in [6.45, 7) is 9.07. The summed E-state index contributed by atoms with van der Waals surface area (Å²) in [6.07, 6.45) is 6.26. The minimum absolute atomic E-state index is 0.211. The number of ether oxygens (including phenoxy) is 1. The van der Waals surface area contributed by atoms with Crippen molar-refractivity contribution < 1.29 is 9.13 Å². The molecular formula is C19H30FNO. The molecule has 1 aromatic carbocycles. The highest BCUT2D eigenvalue weighted by atomic mass is 19.1. The minimum atomic E-state index is -0.211. The van der Waals surface area contributed by atoms with E-state index in [9.17, 15) is 4.39 Å². The fourth-order valence-electron chi connectivity index (χ4n) is 3.24. The van der Waals surface area contributed by atoms with E-state index < -0.39 is 0 Å². The van der Waals surface area contributed by atoms with Crippen molar-refractivity contribution in [3.63, 3.8) is 0 Å². The molecule has 0 aliphatic carbocycles. The lowest BCUT2D eigenvalue weighted by molar-refractivity contribution is 0.142. The van der Waals surface area contributed by atoms with Crippen molar-refractivity contribution in [2.24, 2.45) is 11.8 Å². The average Bonchev–Trinajstić information content (AvgIpc) is 2.56. The van der Waals surface area contributed by atoms with Crippen LogP contribution in [0.3, 0.4) is 0 Å². The zero-order chi connectivity index (χ0) is 15.8. The van der Waals surface area contributed by atoms with Gasteiger partial charge in [-0.2, -0.15) is 0 Å². The van der Waals surface area contributed by atoms with Gasteiger partial charge in [-0.15, -0.1) is 0 Å². The van der Waals surface area contributed by atoms with Gasteiger partial charge in [0, 0.05) is 6.54 Å². The van der Waals surface area contributed by atoms with Gasteiger partial charge in [0.15, 0.2) is 0 Å². The van der Waals surface area contributed by atoms with Crippen LogP contribution < -0.4 is 4.74 Å². The molecule has 2 nitrogen and oxygen atoms in total. The molecule has 1 aromatic rings. The Labute approximate surface area is 134 Å². The molecule has 1 aliphatic rings. The second-order valence-corrected chi connectivity index (χ2v) is 6.52. The van der Waals surface area contributed by atoms with E-state index in [1.165, 1.54) is 57.5 Å². The maximum absolute atomic E-state index is 12.8. The molecule has 0 amide bonds. The summed E-state index contributed by atoms with van der Waals surface area (Å²) in [5.74, 6) is 2.20. The van der Waals surface area contributed by atoms with Gasteiger partial charge in [-0.05, 0) is 68.5 Å². The molecule has 1 aliphatic heterocycles. The summed E-state index contributed by atoms with van der Waals surface area (Å²) in [5.41, 5.74) is 0. The monoisotopic (exact) mass is 307 g/mol. The first-order chi connectivity index (χ1) is 10.7. The van der Waals surface area contributed by atoms with E-state index in [2.05, 4.69) is 18.7 Å². The molecule has 0 radical (unpaired) electrons. The van der Waals surface area contributed by atoms with E-state index in [1.54, 1.807) is 12.1 Å². The van der Waals surface area contributed by atoms with Crippen molar-refractivity contribution in [3.05, 3.63) is 30.1 Å². The molecule has 0 spiro atoms. The molecule has 0 aromatic heterocycles. The molecule has 0 atom stereocenters. The third-order valence-electron chi connectivity index (χ3n) is 4.99. The zero-order valence-electron chi connectivity index (χ0n) is 14.1. The van der Waals surface area contributed by atoms with Crippen LogP contribution in [-0.4, -0.2) is 31.1 Å². The number of likely N-dealkylation sites (tertiary alicyclic amines) is 1. The van der Waals surface area contributed by atoms with Gasteiger partial charge in [-0.3, -0.25) is 0 Å². The van der Waals surface area contributed by atoms with E-state index in [0.29, 0.717) is 0 Å². The van der Waals surface area contributed by atoms with Gasteiger partial charge >= 0.3 is 0 Å². The molecule has 1 fully saturated rings. The standard InChI is InChI=1S/C19H30FNO/c1-3-16(4-2)15-21-12-9-17(10-13-21)11-14-22-19-7-5-18(20)6-8-19/h5-8,16-17H,3-4,9-15H2,1-2H3. The largest absolute Gasteiger partial charge is 0.494 e. The lowest BCUT2D eigenvalue weighted by Crippen LogP contribution is -2.37. The Balaban J connectivity index is 1.62. The van der Waals surface area contributed by atoms with Crippen LogP contribution in [0.15, 0.2) is 24.3 Å². The second-order valence-electron chi connectivity index (χ2n) is 6.52. The topological polar surface area (TPSA) is 12.5 Å². The molecule has 1 heterocycles. The van der Waals surface area contributed by atoms with Gasteiger partial charge in [-0.1, -0.05) is 26.7 Å². The minimum Gasteiger partial charge on any atom is -0.494 e. The number of piperidine rings is 1. The Kier molecular flexibility index (Phi) is 7.17. The molecule has 0 bridgehead atoms. The maximum atomic E-state index is 12.8. The summed E-state index contributed by atoms with van der Waals surface area (Å²) in [5, 5.41) is 0. The summed E-state index contributed by atoms with van der Waals surface area (Å²) in [7, 11) is 0. The molecule has 22 heavy (non-hydrogen) atoms. The Morgan fingerprint density at radius 2 is 1.77 bits per heavy atom. The van der Waals surface area contributed by atoms with E-state index >= 15 is 0 Å². The SMILES string of the molecule is CCC(CC)CN1CCC(CCOc2ccc(F)cc2)CC1. The van der Waals surface area contributed by atoms with Crippen LogP contribution in [0.1, 0.15) is 46.0 Å². The first kappa shape index (κ1) is 17.3. The highest BCUT2D eigenvalue weighted by Gasteiger charge is 2.20. The molecule has 2 rings (SSSR count). The molecule has 0 saturated carbocycles. The second kappa shape index (κ2) is 9.14. The predicted octanol–water partition coefficient (Wildman–Crippen LogP) is 4.74. The smallest absolute Gasteiger partial charge is 0.123 e. The third-order valence-corrected chi connectivity index (χ3v) is 4.99. The van der Waals surface area contributed by atoms with E-state index in [1.807, 2.05) is 0 Å². The quantitative estimate of drug-likeness (QED) is 0.687. The van der Waals surface area contributed by atoms with Crippen LogP contribution in [0, 0.1) is 17.7 Å². The Morgan fingerprint density at radius 1 is 1.14 bits per heavy atom. The fourth-order valence-corrected chi connectivity index (χ4v) is 3.24. The number of nitrogens with zero attached hydrogens (tertiary/aromatic N) is 1. The first-order valence-electron chi connectivity index (χ1n) is 8.82. The van der Waals surface area contributed by atoms with Crippen molar-refractivity contribution in [1.29, 1.82) is 0 Å². The zero-order valence-corrected chi connectivity index (χ0v) is 14.1. The molecule has 1 saturated heterocycles. The number of hydrogen-bond donors (Lipinski definition) is 0. The normalized spacial score (nSPS) is 17.1. The summed E-state index contributed by atoms with van der Waals surface area (Å²) in [4.78, 5) is 2.63. The Morgan fingerprint density at radius 3 is 2.36 bits per heavy atom. The van der Waals surface area contributed by atoms with Gasteiger partial charge in [0.2, 0.25) is 0 Å². The van der Waals surface area contributed by atoms with Gasteiger partial charge in [-0.25, -0.2) is 4.39 Å². The van der Waals surface area contributed by atoms with Crippen LogP contribution in [0.25, 0.3) is 0 Å². The predicted molar refractivity (Wildman–Crippen MR) is 89.7 cm³/mol. The fraction of sp³-hybridized carbons (Fsp3) is 0.684. The van der Waals surface area contributed by atoms with Crippen LogP contribution >= 0.6 is 0 Å². The number of benzene rings is 1. The highest BCUT2D eigenvalue weighted by molar-refractivity contribution is 5.21. The lowest BCUT2D eigenvalue weighted by atomic mass is 9.92. The van der Waals surface area contributed by atoms with Crippen molar-refractivity contribution in [2.45, 2.75) is 46.0 Å². The molecule has 3 heteroatoms. The first-order valence-corrected chi connectivity index (χ1v) is 8.82. The van der Waals surface area contributed by atoms with Gasteiger partial charge in [0.1, 0.15) is 11.6 Å². The van der Waals surface area contributed by atoms with Crippen molar-refractivity contribution >= 4 is 0 Å². The van der Waals surface area contributed by atoms with Gasteiger partial charge in [0.25, 0.3) is 0 Å². The third kappa shape index (κ3) is 5.60. The summed E-state index contributed by atoms with van der Waals surface area (Å²) >= 11 is 0. The van der Waals surface area contributed by atoms with Gasteiger partial charge < -0.3 is 9.64 Å². The van der Waals surface area contributed by atoms with Crippen molar-refractivity contribution in [2.75, 3.05) is 26.2 Å². The number of hydrogen-bond acceptors (Lipinski definition) is 2. The van der Waals surface area contributed by atoms with Gasteiger partial charge in [0.05, 0.1) is 6.61 Å². The van der Waals surface area contributed by atoms with E-state index in [-0.39, 0.29) is 5.82 Å². The highest BCUT2D eigenvalue weighted by Crippen LogP contribution is 2.23. The van der Waals surface area contributed by atoms with E-state index in [0.717, 1.165) is 30.6 Å². The molecule has 0 unspecified atom stereocenters. The van der Waals surface area contributed by atoms with Crippen LogP contribution in [0.2, 0.25) is 0 Å². The molecule has 124 valence electrons. The number of rotatable bonds is 8. The van der Waals surface area contributed by atoms with Crippen LogP contribution in [0.5, 0.6) is 5.75 Å². The Hall–Kier alpha value is -1.09. The van der Waals surface area contributed by atoms with E-state index in [4.69, 9.17) is 4.74 Å². The lowest BCUT2D eigenvalue weighted by Gasteiger charge is -2.34. The summed E-state index contributed by atoms with van der Waals surface area (Å²) in [6, 6.07) is 6.30. The summed E-state index contributed by atoms with van der Waals surface area (Å²) < 4.78 is 18.5. The molecule has 0 N–H and O–H groups in total. The average molecular weight is 307 g/mol. The van der Waals surface area contributed by atoms with Crippen LogP contribution in [-0.2, 0) is 0 Å². The van der Waals surface area contributed by atoms with Crippen LogP contribution in [0.4, 0.5) is 4.39 Å². The van der Waals surface area contributed by atoms with Crippen molar-refractivity contribution in [1.82, 2.24) is 4.90 Å². The maximum Gasteiger partial charge on any atom is 0.123 e. The molecular weight excluding hydrogens is 277 g/mol.